The van der Waals surface area contributed by atoms with E-state index < -0.39 is 0 Å². The van der Waals surface area contributed by atoms with Crippen LogP contribution in [-0.4, -0.2) is 6.04 Å². The zero-order valence-corrected chi connectivity index (χ0v) is 14.3. The van der Waals surface area contributed by atoms with E-state index in [9.17, 15) is 0 Å². The molecule has 1 fully saturated rings. The Kier molecular flexibility index (Phi) is 4.75. The predicted octanol–water partition coefficient (Wildman–Crippen LogP) is 5.80. The lowest BCUT2D eigenvalue weighted by molar-refractivity contribution is 0.482. The first kappa shape index (κ1) is 15.2. The van der Waals surface area contributed by atoms with Crippen LogP contribution in [0.15, 0.2) is 40.9 Å². The molecule has 0 aromatic heterocycles. The molecule has 110 valence electrons. The Morgan fingerprint density at radius 1 is 1.14 bits per heavy atom. The van der Waals surface area contributed by atoms with Crippen molar-refractivity contribution in [2.45, 2.75) is 25.4 Å². The smallest absolute Gasteiger partial charge is 0.147 e. The second kappa shape index (κ2) is 6.57. The van der Waals surface area contributed by atoms with Crippen LogP contribution in [0.2, 0.25) is 10.0 Å². The average Bonchev–Trinajstić information content (AvgIpc) is 3.26. The van der Waals surface area contributed by atoms with Gasteiger partial charge in [0.15, 0.2) is 0 Å². The van der Waals surface area contributed by atoms with Gasteiger partial charge in [-0.1, -0.05) is 45.2 Å². The standard InChI is InChI=1S/C16H14BrCl2NO/c17-14-8-13(5-1-10(14)9-20-12-3-4-12)21-16-7-11(18)2-6-15(16)19/h1-2,5-8,12,20H,3-4,9H2. The van der Waals surface area contributed by atoms with Crippen molar-refractivity contribution in [3.8, 4) is 11.5 Å². The van der Waals surface area contributed by atoms with Gasteiger partial charge in [0, 0.05) is 28.1 Å². The van der Waals surface area contributed by atoms with E-state index in [1.54, 1.807) is 18.2 Å². The Balaban J connectivity index is 1.73. The predicted molar refractivity (Wildman–Crippen MR) is 90.5 cm³/mol. The molecule has 0 bridgehead atoms. The Morgan fingerprint density at radius 3 is 2.67 bits per heavy atom. The summed E-state index contributed by atoms with van der Waals surface area (Å²) in [4.78, 5) is 0. The van der Waals surface area contributed by atoms with Gasteiger partial charge in [-0.25, -0.2) is 0 Å². The average molecular weight is 387 g/mol. The van der Waals surface area contributed by atoms with E-state index in [0.717, 1.165) is 16.8 Å². The highest BCUT2D eigenvalue weighted by Crippen LogP contribution is 2.33. The summed E-state index contributed by atoms with van der Waals surface area (Å²) >= 11 is 15.6. The van der Waals surface area contributed by atoms with E-state index in [-0.39, 0.29) is 0 Å². The van der Waals surface area contributed by atoms with E-state index in [4.69, 9.17) is 27.9 Å². The number of nitrogens with one attached hydrogen (secondary N) is 1. The van der Waals surface area contributed by atoms with E-state index in [1.165, 1.54) is 18.4 Å². The van der Waals surface area contributed by atoms with Gasteiger partial charge in [0.1, 0.15) is 11.5 Å². The Labute approximate surface area is 142 Å². The van der Waals surface area contributed by atoms with Crippen LogP contribution >= 0.6 is 39.1 Å². The third-order valence-corrected chi connectivity index (χ3v) is 4.59. The molecule has 1 saturated carbocycles. The summed E-state index contributed by atoms with van der Waals surface area (Å²) in [6.07, 6.45) is 2.57. The molecule has 3 rings (SSSR count). The summed E-state index contributed by atoms with van der Waals surface area (Å²) in [6.45, 7) is 0.865. The second-order valence-electron chi connectivity index (χ2n) is 5.09. The van der Waals surface area contributed by atoms with Gasteiger partial charge in [0.05, 0.1) is 5.02 Å². The molecule has 0 amide bonds. The monoisotopic (exact) mass is 385 g/mol. The van der Waals surface area contributed by atoms with Crippen molar-refractivity contribution < 1.29 is 4.74 Å². The maximum Gasteiger partial charge on any atom is 0.147 e. The van der Waals surface area contributed by atoms with Crippen LogP contribution < -0.4 is 10.1 Å². The van der Waals surface area contributed by atoms with E-state index in [2.05, 4.69) is 21.2 Å². The Bertz CT molecular complexity index is 659. The number of benzene rings is 2. The first-order valence-electron chi connectivity index (χ1n) is 6.76. The van der Waals surface area contributed by atoms with E-state index in [1.807, 2.05) is 18.2 Å². The zero-order valence-electron chi connectivity index (χ0n) is 11.2. The summed E-state index contributed by atoms with van der Waals surface area (Å²) in [5.41, 5.74) is 1.21. The van der Waals surface area contributed by atoms with Crippen LogP contribution in [0.25, 0.3) is 0 Å². The molecule has 2 aromatic carbocycles. The fourth-order valence-corrected chi connectivity index (χ4v) is 2.78. The molecule has 21 heavy (non-hydrogen) atoms. The van der Waals surface area contributed by atoms with Gasteiger partial charge in [-0.2, -0.15) is 0 Å². The van der Waals surface area contributed by atoms with E-state index in [0.29, 0.717) is 21.8 Å². The normalized spacial score (nSPS) is 14.2. The van der Waals surface area contributed by atoms with Gasteiger partial charge >= 0.3 is 0 Å². The lowest BCUT2D eigenvalue weighted by Gasteiger charge is -2.11. The molecule has 0 atom stereocenters. The largest absolute Gasteiger partial charge is 0.456 e. The van der Waals surface area contributed by atoms with Crippen LogP contribution in [0.4, 0.5) is 0 Å². The molecule has 1 aliphatic rings. The Hall–Kier alpha value is -0.740. The van der Waals surface area contributed by atoms with Crippen LogP contribution in [0.3, 0.4) is 0 Å². The molecule has 1 aliphatic carbocycles. The van der Waals surface area contributed by atoms with Crippen molar-refractivity contribution in [1.29, 1.82) is 0 Å². The third-order valence-electron chi connectivity index (χ3n) is 3.30. The molecule has 0 radical (unpaired) electrons. The summed E-state index contributed by atoms with van der Waals surface area (Å²) in [5.74, 6) is 1.28. The summed E-state index contributed by atoms with van der Waals surface area (Å²) in [6, 6.07) is 11.8. The highest BCUT2D eigenvalue weighted by Gasteiger charge is 2.20. The van der Waals surface area contributed by atoms with Crippen molar-refractivity contribution in [3.63, 3.8) is 0 Å². The number of halogens is 3. The van der Waals surface area contributed by atoms with Crippen molar-refractivity contribution >= 4 is 39.1 Å². The highest BCUT2D eigenvalue weighted by molar-refractivity contribution is 9.10. The number of hydrogen-bond donors (Lipinski definition) is 1. The number of hydrogen-bond acceptors (Lipinski definition) is 2. The minimum atomic E-state index is 0.537. The maximum atomic E-state index is 6.10. The number of rotatable bonds is 5. The molecule has 0 unspecified atom stereocenters. The van der Waals surface area contributed by atoms with Crippen molar-refractivity contribution in [2.75, 3.05) is 0 Å². The lowest BCUT2D eigenvalue weighted by Crippen LogP contribution is -2.15. The van der Waals surface area contributed by atoms with Crippen LogP contribution in [0.1, 0.15) is 18.4 Å². The first-order chi connectivity index (χ1) is 10.1. The minimum absolute atomic E-state index is 0.537. The van der Waals surface area contributed by atoms with Gasteiger partial charge in [0.25, 0.3) is 0 Å². The summed E-state index contributed by atoms with van der Waals surface area (Å²) < 4.78 is 6.82. The SMILES string of the molecule is Clc1ccc(Cl)c(Oc2ccc(CNC3CC3)c(Br)c2)c1. The van der Waals surface area contributed by atoms with Crippen LogP contribution in [0.5, 0.6) is 11.5 Å². The maximum absolute atomic E-state index is 6.10. The van der Waals surface area contributed by atoms with Gasteiger partial charge < -0.3 is 10.1 Å². The third kappa shape index (κ3) is 4.13. The lowest BCUT2D eigenvalue weighted by atomic mass is 10.2. The van der Waals surface area contributed by atoms with Gasteiger partial charge in [-0.3, -0.25) is 0 Å². The summed E-state index contributed by atoms with van der Waals surface area (Å²) in [7, 11) is 0. The van der Waals surface area contributed by atoms with Gasteiger partial charge in [-0.05, 0) is 42.7 Å². The molecule has 2 nitrogen and oxygen atoms in total. The second-order valence-corrected chi connectivity index (χ2v) is 6.78. The van der Waals surface area contributed by atoms with Crippen molar-refractivity contribution in [1.82, 2.24) is 5.32 Å². The highest BCUT2D eigenvalue weighted by atomic mass is 79.9. The van der Waals surface area contributed by atoms with E-state index >= 15 is 0 Å². The van der Waals surface area contributed by atoms with Crippen LogP contribution in [0, 0.1) is 0 Å². The molecular weight excluding hydrogens is 373 g/mol. The minimum Gasteiger partial charge on any atom is -0.456 e. The molecule has 0 saturated heterocycles. The van der Waals surface area contributed by atoms with Crippen molar-refractivity contribution in [2.24, 2.45) is 0 Å². The Morgan fingerprint density at radius 2 is 1.95 bits per heavy atom. The fraction of sp³-hybridized carbons (Fsp3) is 0.250. The molecule has 0 spiro atoms. The van der Waals surface area contributed by atoms with Crippen LogP contribution in [-0.2, 0) is 6.54 Å². The molecule has 0 aliphatic heterocycles. The molecule has 0 heterocycles. The van der Waals surface area contributed by atoms with Gasteiger partial charge in [0.2, 0.25) is 0 Å². The molecule has 5 heteroatoms. The number of ether oxygens (including phenoxy) is 1. The quantitative estimate of drug-likeness (QED) is 0.700. The first-order valence-corrected chi connectivity index (χ1v) is 8.31. The summed E-state index contributed by atoms with van der Waals surface area (Å²) in [5, 5.41) is 4.62. The fourth-order valence-electron chi connectivity index (χ4n) is 1.96. The topological polar surface area (TPSA) is 21.3 Å². The molecular formula is C16H14BrCl2NO. The van der Waals surface area contributed by atoms with Crippen molar-refractivity contribution in [3.05, 3.63) is 56.5 Å². The molecule has 1 N–H and O–H groups in total. The molecule has 2 aromatic rings. The van der Waals surface area contributed by atoms with Gasteiger partial charge in [-0.15, -0.1) is 0 Å². The zero-order chi connectivity index (χ0) is 14.8.